The summed E-state index contributed by atoms with van der Waals surface area (Å²) in [4.78, 5) is 75.6. The van der Waals surface area contributed by atoms with Gasteiger partial charge in [-0.3, -0.25) is 43.1 Å². The fourth-order valence-electron chi connectivity index (χ4n) is 10.3. The van der Waals surface area contributed by atoms with Crippen molar-refractivity contribution in [2.24, 2.45) is 0 Å². The summed E-state index contributed by atoms with van der Waals surface area (Å²) in [7, 11) is -15.3. The van der Waals surface area contributed by atoms with Gasteiger partial charge in [0.25, 0.3) is 40.1 Å². The van der Waals surface area contributed by atoms with E-state index in [9.17, 15) is 52.8 Å². The van der Waals surface area contributed by atoms with Crippen LogP contribution in [-0.4, -0.2) is 96.9 Å². The number of carbonyl (C=O) groups excluding carboxylic acids is 4. The SMILES string of the molecule is CC.CC.CC.CC.CC.CC.CC.CC.CC.CC.CC.CC.Cc1ccc(S(=O)(=O)Nc2cc(C)c(C)cc2C(=O)c2ccnnc2)cc1.Cc1ccc(S(=O)(=O)Nc2cc(C)c(C)cc2C(=O)c2cnccn2)cc1.Cc1ccc(S(=O)(=O)Nc2cc(C)c(C)cc2C(=O)c2cncnc2)cc1.Cc1ccc(S(=O)(=O)Nc2cc(C)c(C)cc2C(=O)c2ncccn2)cc1. The molecule has 0 atom stereocenters. The van der Waals surface area contributed by atoms with Crippen molar-refractivity contribution in [3.05, 3.63) is 331 Å². The first kappa shape index (κ1) is 126. The van der Waals surface area contributed by atoms with Crippen molar-refractivity contribution in [1.29, 1.82) is 0 Å². The third-order valence-electron chi connectivity index (χ3n) is 17.1. The normalized spacial score (nSPS) is 9.73. The molecule has 12 aromatic rings. The van der Waals surface area contributed by atoms with Gasteiger partial charge in [0.1, 0.15) is 12.0 Å². The first-order valence-electron chi connectivity index (χ1n) is 45.2. The summed E-state index contributed by atoms with van der Waals surface area (Å²) < 4.78 is 112. The molecular formula is C104H148N12O12S4. The highest BCUT2D eigenvalue weighted by atomic mass is 32.2. The summed E-state index contributed by atoms with van der Waals surface area (Å²) in [6.45, 7) is 70.4. The molecule has 28 heteroatoms. The molecule has 4 aromatic heterocycles. The molecule has 0 aliphatic carbocycles. The molecule has 0 saturated carbocycles. The number of rotatable bonds is 20. The number of nitrogens with zero attached hydrogens (tertiary/aromatic N) is 8. The lowest BCUT2D eigenvalue weighted by Crippen LogP contribution is -2.17. The van der Waals surface area contributed by atoms with Gasteiger partial charge in [-0.2, -0.15) is 10.2 Å². The van der Waals surface area contributed by atoms with Gasteiger partial charge in [-0.05, 0) is 237 Å². The highest BCUT2D eigenvalue weighted by Crippen LogP contribution is 2.32. The van der Waals surface area contributed by atoms with Gasteiger partial charge in [0.05, 0.1) is 72.0 Å². The Balaban J connectivity index is -0.000000766. The minimum absolute atomic E-state index is 0.0107. The third kappa shape index (κ3) is 40.2. The number of hydrogen-bond acceptors (Lipinski definition) is 20. The van der Waals surface area contributed by atoms with Crippen LogP contribution in [0.1, 0.15) is 297 Å². The average Bonchev–Trinajstić information content (AvgIpc) is 0.804. The molecule has 0 fully saturated rings. The molecule has 0 radical (unpaired) electrons. The molecule has 24 nitrogen and oxygen atoms in total. The summed E-state index contributed by atoms with van der Waals surface area (Å²) in [6, 6.07) is 42.5. The van der Waals surface area contributed by atoms with Crippen molar-refractivity contribution in [3.63, 3.8) is 0 Å². The van der Waals surface area contributed by atoms with Gasteiger partial charge >= 0.3 is 0 Å². The zero-order valence-corrected chi connectivity index (χ0v) is 88.2. The predicted molar refractivity (Wildman–Crippen MR) is 550 cm³/mol. The van der Waals surface area contributed by atoms with Gasteiger partial charge in [-0.15, -0.1) is 0 Å². The Hall–Kier alpha value is -12.2. The number of ketones is 4. The summed E-state index contributed by atoms with van der Waals surface area (Å²) in [5, 5.41) is 7.39. The lowest BCUT2D eigenvalue weighted by atomic mass is 9.98. The monoisotopic (exact) mass is 1890 g/mol. The second-order valence-electron chi connectivity index (χ2n) is 25.3. The van der Waals surface area contributed by atoms with Crippen molar-refractivity contribution in [2.75, 3.05) is 18.9 Å². The van der Waals surface area contributed by atoms with E-state index < -0.39 is 51.7 Å². The second kappa shape index (κ2) is 67.9. The van der Waals surface area contributed by atoms with Crippen LogP contribution >= 0.6 is 0 Å². The fourth-order valence-corrected chi connectivity index (χ4v) is 14.6. The number of carbonyl (C=O) groups is 4. The van der Waals surface area contributed by atoms with Gasteiger partial charge in [0.15, 0.2) is 11.6 Å². The van der Waals surface area contributed by atoms with Crippen molar-refractivity contribution in [2.45, 2.75) is 269 Å². The number of benzene rings is 8. The van der Waals surface area contributed by atoms with Crippen LogP contribution in [0.2, 0.25) is 0 Å². The van der Waals surface area contributed by atoms with Crippen molar-refractivity contribution < 1.29 is 52.8 Å². The molecule has 0 aliphatic rings. The van der Waals surface area contributed by atoms with Gasteiger partial charge in [0, 0.05) is 59.4 Å². The van der Waals surface area contributed by atoms with E-state index in [2.05, 4.69) is 59.0 Å². The Bertz CT molecular complexity index is 5100. The molecule has 4 N–H and O–H groups in total. The lowest BCUT2D eigenvalue weighted by molar-refractivity contribution is 0.102. The van der Waals surface area contributed by atoms with Crippen LogP contribution in [0.15, 0.2) is 239 Å². The van der Waals surface area contributed by atoms with E-state index in [1.54, 1.807) is 109 Å². The standard InChI is InChI=1S/4C20H19N3O3S.12C2H6/c1-13-5-7-16(8-6-13)27(25,26)23-18-12-15(3)14(2)11-17(18)19(24)20-21-9-4-10-22-20;1-13-4-6-17(7-5-13)27(25,26)23-19-9-15(3)14(2)8-18(19)20(24)16-10-21-12-22-11-16;1-13-4-6-17(7-5-13)27(25,26)23-19-11-15(3)14(2)10-18(19)20(24)16-8-9-21-22-12-16;1-13-4-6-16(7-5-13)27(25,26)23-18-11-15(3)14(2)10-17(18)20(24)19-12-21-8-9-22-19;12*1-2/h4*4-12,23H,1-3H3;12*1-2H3. The lowest BCUT2D eigenvalue weighted by Gasteiger charge is -2.15. The molecule has 132 heavy (non-hydrogen) atoms. The molecule has 0 aliphatic heterocycles. The molecule has 0 spiro atoms. The Morgan fingerprint density at radius 2 is 0.500 bits per heavy atom. The number of aromatic nitrogens is 8. The molecule has 0 saturated heterocycles. The first-order valence-corrected chi connectivity index (χ1v) is 51.1. The minimum atomic E-state index is -3.84. The van der Waals surface area contributed by atoms with Crippen LogP contribution in [0.5, 0.6) is 0 Å². The topological polar surface area (TPSA) is 356 Å². The maximum Gasteiger partial charge on any atom is 0.261 e. The second-order valence-corrected chi connectivity index (χ2v) is 32.1. The summed E-state index contributed by atoms with van der Waals surface area (Å²) in [5.74, 6) is -1.50. The first-order chi connectivity index (χ1) is 63.1. The van der Waals surface area contributed by atoms with Crippen LogP contribution in [-0.2, 0) is 40.1 Å². The zero-order chi connectivity index (χ0) is 102. The molecule has 0 unspecified atom stereocenters. The van der Waals surface area contributed by atoms with E-state index in [4.69, 9.17) is 0 Å². The number of nitrogens with one attached hydrogen (secondary N) is 4. The summed E-state index contributed by atoms with van der Waals surface area (Å²) in [6.07, 6.45) is 14.1. The molecule has 4 heterocycles. The molecule has 8 aromatic carbocycles. The van der Waals surface area contributed by atoms with Crippen molar-refractivity contribution in [3.8, 4) is 0 Å². The molecule has 0 bridgehead atoms. The van der Waals surface area contributed by atoms with Crippen molar-refractivity contribution >= 4 is 86.0 Å². The Labute approximate surface area is 792 Å². The van der Waals surface area contributed by atoms with E-state index >= 15 is 0 Å². The fraction of sp³-hybridized carbons (Fsp3) is 0.346. The minimum Gasteiger partial charge on any atom is -0.288 e. The number of sulfonamides is 4. The van der Waals surface area contributed by atoms with Crippen LogP contribution < -0.4 is 18.9 Å². The van der Waals surface area contributed by atoms with Crippen LogP contribution in [0.4, 0.5) is 22.7 Å². The van der Waals surface area contributed by atoms with E-state index in [0.717, 1.165) is 66.8 Å². The maximum absolute atomic E-state index is 12.9. The van der Waals surface area contributed by atoms with Gasteiger partial charge < -0.3 is 0 Å². The Kier molecular flexibility index (Phi) is 64.8. The predicted octanol–water partition coefficient (Wildman–Crippen LogP) is 26.0. The quantitative estimate of drug-likeness (QED) is 0.0515. The van der Waals surface area contributed by atoms with Gasteiger partial charge in [-0.25, -0.2) is 58.6 Å². The van der Waals surface area contributed by atoms with Crippen LogP contribution in [0.3, 0.4) is 0 Å². The molecular weight excluding hydrogens is 1740 g/mol. The van der Waals surface area contributed by atoms with E-state index in [1.165, 1.54) is 111 Å². The van der Waals surface area contributed by atoms with Crippen molar-refractivity contribution in [1.82, 2.24) is 40.1 Å². The smallest absolute Gasteiger partial charge is 0.261 e. The average molecular weight is 1890 g/mol. The highest BCUT2D eigenvalue weighted by molar-refractivity contribution is 7.93. The molecule has 12 rings (SSSR count). The third-order valence-corrected chi connectivity index (χ3v) is 22.6. The maximum atomic E-state index is 12.9. The van der Waals surface area contributed by atoms with Crippen LogP contribution in [0.25, 0.3) is 0 Å². The molecule has 0 amide bonds. The summed E-state index contributed by atoms with van der Waals surface area (Å²) >= 11 is 0. The van der Waals surface area contributed by atoms with Gasteiger partial charge in [-0.1, -0.05) is 237 Å². The number of hydrogen-bond donors (Lipinski definition) is 4. The van der Waals surface area contributed by atoms with E-state index in [0.29, 0.717) is 5.56 Å². The van der Waals surface area contributed by atoms with E-state index in [-0.39, 0.29) is 93.2 Å². The largest absolute Gasteiger partial charge is 0.288 e. The van der Waals surface area contributed by atoms with Gasteiger partial charge in [0.2, 0.25) is 17.4 Å². The zero-order valence-electron chi connectivity index (χ0n) is 84.9. The highest BCUT2D eigenvalue weighted by Gasteiger charge is 2.27. The van der Waals surface area contributed by atoms with E-state index in [1.807, 2.05) is 249 Å². The summed E-state index contributed by atoms with van der Waals surface area (Å²) in [5.41, 5.74) is 13.4. The Morgan fingerprint density at radius 1 is 0.242 bits per heavy atom. The van der Waals surface area contributed by atoms with Crippen LogP contribution in [0, 0.1) is 83.1 Å². The number of aryl methyl sites for hydroxylation is 12. The molecule has 720 valence electrons. The Morgan fingerprint density at radius 3 is 0.758 bits per heavy atom. The number of anilines is 4.